The summed E-state index contributed by atoms with van der Waals surface area (Å²) >= 11 is 0. The number of terminal acetylenes is 4. The molecule has 14 atom stereocenters. The van der Waals surface area contributed by atoms with Crippen LogP contribution in [0.2, 0.25) is 0 Å². The lowest BCUT2D eigenvalue weighted by Crippen LogP contribution is -2.12. The number of carbonyl (C=O) groups is 7. The predicted octanol–water partition coefficient (Wildman–Crippen LogP) is 18.5. The van der Waals surface area contributed by atoms with E-state index in [9.17, 15) is 117 Å². The van der Waals surface area contributed by atoms with E-state index in [1.54, 1.807) is 149 Å². The summed E-state index contributed by atoms with van der Waals surface area (Å²) in [6, 6.07) is 6.01. The number of halogens is 5. The third kappa shape index (κ3) is 105. The Hall–Kier alpha value is -11.8. The van der Waals surface area contributed by atoms with Crippen molar-refractivity contribution in [3.8, 4) is 109 Å². The summed E-state index contributed by atoms with van der Waals surface area (Å²) in [7, 11) is 0. The molecule has 2 fully saturated rings. The van der Waals surface area contributed by atoms with Gasteiger partial charge in [-0.1, -0.05) is 238 Å². The molecule has 786 valence electrons. The topological polar surface area (TPSA) is 362 Å². The number of aliphatic hydroxyl groups is 12. The van der Waals surface area contributed by atoms with E-state index in [2.05, 4.69) is 91.0 Å². The molecule has 24 heteroatoms. The second kappa shape index (κ2) is 91.2. The summed E-state index contributed by atoms with van der Waals surface area (Å²) in [4.78, 5) is 75.1. The highest BCUT2D eigenvalue weighted by Crippen LogP contribution is 2.44. The van der Waals surface area contributed by atoms with Gasteiger partial charge in [0.25, 0.3) is 0 Å². The first kappa shape index (κ1) is 138. The fourth-order valence-electron chi connectivity index (χ4n) is 11.8. The molecule has 2 saturated carbocycles. The first-order valence-corrected chi connectivity index (χ1v) is 48.7. The molecule has 12 N–H and O–H groups in total. The third-order valence-corrected chi connectivity index (χ3v) is 19.6. The molecule has 0 amide bonds. The van der Waals surface area contributed by atoms with Crippen molar-refractivity contribution in [2.45, 2.75) is 353 Å². The van der Waals surface area contributed by atoms with Crippen molar-refractivity contribution in [1.29, 1.82) is 0 Å². The highest BCUT2D eigenvalue weighted by Gasteiger charge is 2.40. The Morgan fingerprint density at radius 2 is 0.694 bits per heavy atom. The van der Waals surface area contributed by atoms with Gasteiger partial charge in [0.1, 0.15) is 64.6 Å². The molecule has 0 heterocycles. The molecule has 0 saturated heterocycles. The Balaban J connectivity index is -0.000000795. The Kier molecular flexibility index (Phi) is 87.7. The zero-order chi connectivity index (χ0) is 109. The van der Waals surface area contributed by atoms with Gasteiger partial charge < -0.3 is 94.8 Å². The van der Waals surface area contributed by atoms with Crippen LogP contribution in [0.4, 0.5) is 22.0 Å². The summed E-state index contributed by atoms with van der Waals surface area (Å²) in [6.45, 7) is 16.5. The SMILES string of the molecule is C#CC[C@@H](O)/C=C/C=C/C#CC(F)(F)CCCC(C)=O.C#CC[C@@H](O)/C=C/C=C/C#CC(F)(F)CCCC(C)=O.C#CC[C@@H](O)/C=C/C=C/C(C)=C\C(O)CCCC(C)=O.C#CC[C@@H](O)/C=C/C=C/[C@@H]1C[C@@H]1[C@@H](O)CCCC(C)=O.CC(=O)CCC[C@H](O)C#C/C=C/C=C/[C@H](O)CC(C)C.CC(=O)CCC[C@H](O)C#C/C=C/C=C/[C@H](O)CC1CC1.CC(=O)CCC[C@H](O)C#C/C=C/C=C/[C@H](O)Cc1ccc(F)cc1. The van der Waals surface area contributed by atoms with Crippen molar-refractivity contribution in [2.75, 3.05) is 0 Å². The molecule has 3 rings (SSSR count). The number of Topliss-reactive ketones (excluding diaryl/α,β-unsaturated/α-hetero) is 7. The molecule has 2 aliphatic rings. The van der Waals surface area contributed by atoms with E-state index in [4.69, 9.17) is 25.7 Å². The minimum atomic E-state index is -3.09. The fourth-order valence-corrected chi connectivity index (χ4v) is 11.8. The smallest absolute Gasteiger partial charge is 0.308 e. The highest BCUT2D eigenvalue weighted by molar-refractivity contribution is 5.77. The van der Waals surface area contributed by atoms with E-state index >= 15 is 0 Å². The van der Waals surface area contributed by atoms with E-state index in [0.717, 1.165) is 36.8 Å². The van der Waals surface area contributed by atoms with Crippen LogP contribution in [0.25, 0.3) is 0 Å². The van der Waals surface area contributed by atoms with E-state index in [1.807, 2.05) is 30.9 Å². The number of benzene rings is 1. The van der Waals surface area contributed by atoms with Crippen LogP contribution in [0.1, 0.15) is 267 Å². The van der Waals surface area contributed by atoms with Gasteiger partial charge in [-0.2, -0.15) is 17.6 Å². The van der Waals surface area contributed by atoms with E-state index in [0.29, 0.717) is 133 Å². The molecule has 1 aromatic carbocycles. The van der Waals surface area contributed by atoms with Crippen LogP contribution < -0.4 is 0 Å². The van der Waals surface area contributed by atoms with Gasteiger partial charge in [-0.15, -0.1) is 49.4 Å². The lowest BCUT2D eigenvalue weighted by molar-refractivity contribution is -0.118. The van der Waals surface area contributed by atoms with Crippen molar-refractivity contribution in [3.05, 3.63) is 217 Å². The van der Waals surface area contributed by atoms with E-state index < -0.39 is 85.7 Å². The average Bonchev–Trinajstić information content (AvgIpc) is 1.67. The van der Waals surface area contributed by atoms with E-state index in [1.165, 1.54) is 94.4 Å². The maximum atomic E-state index is 13.2. The molecule has 0 aliphatic heterocycles. The van der Waals surface area contributed by atoms with Gasteiger partial charge in [-0.05, 0) is 235 Å². The molecule has 1 unspecified atom stereocenters. The number of alkyl halides is 4. The van der Waals surface area contributed by atoms with Crippen molar-refractivity contribution in [1.82, 2.24) is 0 Å². The van der Waals surface area contributed by atoms with Crippen molar-refractivity contribution >= 4 is 40.5 Å². The number of rotatable bonds is 56. The highest BCUT2D eigenvalue weighted by atomic mass is 19.3. The standard InChI is InChI=1S/C20H23FO3.2C17H24O3.C17H26O3.C17H24O3.2C16H18F2O2/c1-16(22)7-6-10-19(23)8-4-2-3-5-9-20(24)15-17-11-13-18(21)14-12-17;1-14(18)7-6-10-16(19)8-4-2-3-5-9-17(20)13-15-11-12-15;1-3-7-15(19)10-5-4-9-14-12-16(14)17(20)11-6-8-13(2)18;1-14(2)13-17(20)11-7-5-4-6-10-16(19)12-8-9-15(3)18;1-4-8-16(19)11-6-5-9-14(2)13-17(20)12-7-10-15(3)18;2*1-3-9-15(20)11-6-4-5-7-12-16(17,18)13-8-10-14(2)19/h2-3,5,9,11-14,19-20,23-24H,6-7,10,15H2,1H3;2-3,5,9,15-17,19-20H,6-7,10-13H2,1H3;1,4-5,9-10,14-17,19-20H,6-8,11-12H2,2H3;4-5,7,11,14,16-17,19-20H,8-9,12-13H2,1-3H3;1,5-6,9,11,13,16-17,19-20H,7-8,10,12H2,2-3H3;2*1,4-6,11,15,20H,8-10,13H2,2H3/b2*3-2+,9-5+;9-4+,10-5+;5-4+,11-7+;9-5+,11-6+,14-13-;2*5-4+,11-6+/t19-,20+;16-,17+;14-,15-,16+,17+;16-,17+;16-,17?;2*15-/m1111111/s1. The van der Waals surface area contributed by atoms with Crippen molar-refractivity contribution < 1.29 is 117 Å². The second-order valence-corrected chi connectivity index (χ2v) is 35.0. The van der Waals surface area contributed by atoms with Crippen LogP contribution in [0.3, 0.4) is 0 Å². The van der Waals surface area contributed by atoms with Crippen molar-refractivity contribution in [2.24, 2.45) is 23.7 Å². The molecular formula is C120H157F5O19. The Labute approximate surface area is 855 Å². The molecule has 0 spiro atoms. The Morgan fingerprint density at radius 3 is 1.04 bits per heavy atom. The quantitative estimate of drug-likeness (QED) is 0.0164. The zero-order valence-corrected chi connectivity index (χ0v) is 85.6. The molecule has 1 aromatic rings. The molecule has 0 radical (unpaired) electrons. The van der Waals surface area contributed by atoms with Gasteiger partial charge in [0, 0.05) is 89.9 Å². The van der Waals surface area contributed by atoms with Crippen LogP contribution in [-0.2, 0) is 40.0 Å². The van der Waals surface area contributed by atoms with Crippen LogP contribution >= 0.6 is 0 Å². The molecular weight excluding hydrogens is 1840 g/mol. The lowest BCUT2D eigenvalue weighted by atomic mass is 10.1. The van der Waals surface area contributed by atoms with Crippen LogP contribution in [0, 0.1) is 138 Å². The molecule has 2 aliphatic carbocycles. The number of ketones is 7. The molecule has 19 nitrogen and oxygen atoms in total. The predicted molar refractivity (Wildman–Crippen MR) is 567 cm³/mol. The lowest BCUT2D eigenvalue weighted by Gasteiger charge is -2.08. The molecule has 0 aromatic heterocycles. The van der Waals surface area contributed by atoms with Gasteiger partial charge in [0.15, 0.2) is 0 Å². The molecule has 0 bridgehead atoms. The summed E-state index contributed by atoms with van der Waals surface area (Å²) in [5, 5.41) is 115. The number of aliphatic hydroxyl groups excluding tert-OH is 12. The summed E-state index contributed by atoms with van der Waals surface area (Å²) < 4.78 is 65.6. The first-order chi connectivity index (χ1) is 68.2. The summed E-state index contributed by atoms with van der Waals surface area (Å²) in [5.74, 6) is 29.7. The number of allylic oxidation sites excluding steroid dienone is 22. The Morgan fingerprint density at radius 1 is 0.382 bits per heavy atom. The van der Waals surface area contributed by atoms with Crippen LogP contribution in [-0.4, -0.2) is 187 Å². The fraction of sp³-hybridized carbons (Fsp3) is 0.492. The minimum Gasteiger partial charge on any atom is -0.393 e. The normalized spacial score (nSPS) is 16.0. The van der Waals surface area contributed by atoms with Gasteiger partial charge in [-0.3, -0.25) is 0 Å². The van der Waals surface area contributed by atoms with Crippen molar-refractivity contribution in [3.63, 3.8) is 0 Å². The zero-order valence-electron chi connectivity index (χ0n) is 85.6. The van der Waals surface area contributed by atoms with Crippen LogP contribution in [0.15, 0.2) is 206 Å². The van der Waals surface area contributed by atoms with Gasteiger partial charge in [-0.25, -0.2) is 4.39 Å². The summed E-state index contributed by atoms with van der Waals surface area (Å²) in [6.07, 6.45) is 75.7. The number of carbonyl (C=O) groups excluding carboxylic acids is 7. The summed E-state index contributed by atoms with van der Waals surface area (Å²) in [5.41, 5.74) is 1.78. The third-order valence-electron chi connectivity index (χ3n) is 19.6. The second-order valence-electron chi connectivity index (χ2n) is 35.0. The van der Waals surface area contributed by atoms with Crippen LogP contribution in [0.5, 0.6) is 0 Å². The maximum Gasteiger partial charge on any atom is 0.308 e. The average molecular weight is 2000 g/mol. The van der Waals surface area contributed by atoms with Gasteiger partial charge in [0.2, 0.25) is 0 Å². The Bertz CT molecular complexity index is 4680. The maximum absolute atomic E-state index is 13.2. The minimum absolute atomic E-state index is 0.107. The van der Waals surface area contributed by atoms with E-state index in [-0.39, 0.29) is 97.0 Å². The van der Waals surface area contributed by atoms with Gasteiger partial charge >= 0.3 is 11.8 Å². The number of hydrogen-bond acceptors (Lipinski definition) is 19. The molecule has 144 heavy (non-hydrogen) atoms. The first-order valence-electron chi connectivity index (χ1n) is 48.7. The number of hydrogen-bond donors (Lipinski definition) is 12. The monoisotopic (exact) mass is 2000 g/mol. The largest absolute Gasteiger partial charge is 0.393 e. The van der Waals surface area contributed by atoms with Gasteiger partial charge in [0.05, 0.1) is 54.9 Å².